The molecule has 3 aromatic heterocycles. The summed E-state index contributed by atoms with van der Waals surface area (Å²) in [7, 11) is 1.68. The molecule has 1 saturated heterocycles. The van der Waals surface area contributed by atoms with E-state index in [1.54, 1.807) is 7.05 Å². The van der Waals surface area contributed by atoms with Crippen LogP contribution in [0, 0.1) is 0 Å². The lowest BCUT2D eigenvalue weighted by Crippen LogP contribution is -2.71. The number of alkyl halides is 3. The third-order valence-corrected chi connectivity index (χ3v) is 9.84. The number of thioether (sulfide) groups is 1. The minimum Gasteiger partial charge on any atom is -0.543 e. The van der Waals surface area contributed by atoms with Gasteiger partial charge in [0.25, 0.3) is 11.8 Å². The van der Waals surface area contributed by atoms with Crippen LogP contribution in [0.15, 0.2) is 34.8 Å². The highest BCUT2D eigenvalue weighted by molar-refractivity contribution is 8.00. The van der Waals surface area contributed by atoms with Crippen molar-refractivity contribution in [2.45, 2.75) is 50.1 Å². The van der Waals surface area contributed by atoms with Crippen LogP contribution in [0.4, 0.5) is 18.3 Å². The Balaban J connectivity index is 1.42. The molecule has 0 radical (unpaired) electrons. The predicted octanol–water partition coefficient (Wildman–Crippen LogP) is -0.0579. The summed E-state index contributed by atoms with van der Waals surface area (Å²) in [5.74, 6) is -6.07. The van der Waals surface area contributed by atoms with Crippen molar-refractivity contribution in [3.63, 3.8) is 0 Å². The van der Waals surface area contributed by atoms with Gasteiger partial charge in [0.15, 0.2) is 10.8 Å². The number of nitrogens with one attached hydrogen (secondary N) is 2. The number of aromatic nitrogens is 4. The van der Waals surface area contributed by atoms with Crippen molar-refractivity contribution in [1.82, 2.24) is 30.1 Å². The molecule has 0 saturated carbocycles. The highest BCUT2D eigenvalue weighted by Gasteiger charge is 2.53. The standard InChI is InChI=1S/C27H27ClF3N9O7S2/c1-11(23(43)44)47-37-15(14-18(28)49-26(32)35-14)20(41)34-16-21(42)40-17(24(45)46)12(10-48-22(16)40)9-38-7-3-5-13-19(38)36-25(27(29,30)31)39(13)8-4-6-33-2/h3,5,7,11,16,22,33H,4,6,8-10H2,1-2H3,(H4-,32,34,35,41,43,44,45,46)/b37-15-/t11-,16+,22?/m0/s1. The van der Waals surface area contributed by atoms with Crippen LogP contribution in [0.25, 0.3) is 11.2 Å². The van der Waals surface area contributed by atoms with Crippen molar-refractivity contribution in [1.29, 1.82) is 0 Å². The van der Waals surface area contributed by atoms with Crippen LogP contribution < -0.4 is 26.0 Å². The number of pyridine rings is 1. The molecule has 0 aromatic carbocycles. The lowest BCUT2D eigenvalue weighted by molar-refractivity contribution is -0.665. The largest absolute Gasteiger partial charge is 0.543 e. The van der Waals surface area contributed by atoms with Crippen LogP contribution in [-0.4, -0.2) is 90.9 Å². The number of carbonyl (C=O) groups excluding carboxylic acids is 3. The van der Waals surface area contributed by atoms with Crippen LogP contribution in [0.3, 0.4) is 0 Å². The number of fused-ring (bicyclic) bond motifs is 2. The number of nitrogens with zero attached hydrogens (tertiary/aromatic N) is 6. The van der Waals surface area contributed by atoms with Crippen LogP contribution >= 0.6 is 34.7 Å². The Kier molecular flexibility index (Phi) is 10.4. The molecule has 2 amide bonds. The second kappa shape index (κ2) is 14.2. The maximum Gasteiger partial charge on any atom is 0.475 e. The van der Waals surface area contributed by atoms with E-state index in [1.807, 2.05) is 0 Å². The number of anilines is 1. The molecule has 1 unspecified atom stereocenters. The molecule has 1 fully saturated rings. The second-order valence-electron chi connectivity index (χ2n) is 10.7. The van der Waals surface area contributed by atoms with Gasteiger partial charge >= 0.3 is 23.6 Å². The Bertz CT molecular complexity index is 1900. The molecule has 22 heteroatoms. The molecular formula is C27H27ClF3N9O7S2. The zero-order chi connectivity index (χ0) is 35.8. The number of thiazole rings is 1. The van der Waals surface area contributed by atoms with Gasteiger partial charge in [-0.3, -0.25) is 19.1 Å². The number of imidazole rings is 1. The van der Waals surface area contributed by atoms with Crippen molar-refractivity contribution < 1.29 is 52.0 Å². The van der Waals surface area contributed by atoms with E-state index in [9.17, 15) is 37.5 Å². The molecule has 2 aliphatic heterocycles. The lowest BCUT2D eigenvalue weighted by Gasteiger charge is -2.50. The van der Waals surface area contributed by atoms with E-state index in [2.05, 4.69) is 25.8 Å². The quantitative estimate of drug-likeness (QED) is 0.0595. The number of amides is 2. The predicted molar refractivity (Wildman–Crippen MR) is 167 cm³/mol. The van der Waals surface area contributed by atoms with Gasteiger partial charge in [-0.25, -0.2) is 14.3 Å². The molecule has 5 rings (SSSR count). The van der Waals surface area contributed by atoms with Gasteiger partial charge in [-0.2, -0.15) is 13.2 Å². The summed E-state index contributed by atoms with van der Waals surface area (Å²) < 4.78 is 44.3. The highest BCUT2D eigenvalue weighted by Crippen LogP contribution is 2.40. The Hall–Kier alpha value is -4.47. The van der Waals surface area contributed by atoms with Gasteiger partial charge < -0.3 is 36.2 Å². The zero-order valence-electron chi connectivity index (χ0n) is 25.5. The zero-order valence-corrected chi connectivity index (χ0v) is 27.9. The molecule has 0 bridgehead atoms. The number of rotatable bonds is 13. The highest BCUT2D eigenvalue weighted by atomic mass is 35.5. The fourth-order valence-electron chi connectivity index (χ4n) is 5.16. The molecule has 2 aliphatic rings. The fraction of sp³-hybridized carbons (Fsp3) is 0.407. The Morgan fingerprint density at radius 2 is 2.08 bits per heavy atom. The van der Waals surface area contributed by atoms with Crippen LogP contribution in [0.1, 0.15) is 24.9 Å². The minimum atomic E-state index is -4.76. The number of nitrogen functional groups attached to an aromatic ring is 1. The Morgan fingerprint density at radius 1 is 1.35 bits per heavy atom. The first kappa shape index (κ1) is 35.8. The number of hydrogen-bond acceptors (Lipinski definition) is 13. The lowest BCUT2D eigenvalue weighted by atomic mass is 10.0. The third-order valence-electron chi connectivity index (χ3n) is 7.42. The van der Waals surface area contributed by atoms with E-state index in [0.29, 0.717) is 13.0 Å². The van der Waals surface area contributed by atoms with Crippen molar-refractivity contribution in [3.8, 4) is 0 Å². The molecular weight excluding hydrogens is 719 g/mol. The van der Waals surface area contributed by atoms with Gasteiger partial charge in [0.05, 0.1) is 17.9 Å². The van der Waals surface area contributed by atoms with E-state index in [-0.39, 0.29) is 50.7 Å². The van der Waals surface area contributed by atoms with Gasteiger partial charge in [0, 0.05) is 17.9 Å². The number of carboxylic acids is 2. The van der Waals surface area contributed by atoms with Gasteiger partial charge in [0.2, 0.25) is 6.10 Å². The average molecular weight is 746 g/mol. The summed E-state index contributed by atoms with van der Waals surface area (Å²) in [6.45, 7) is 1.41. The van der Waals surface area contributed by atoms with E-state index in [4.69, 9.17) is 27.3 Å². The molecule has 5 heterocycles. The summed E-state index contributed by atoms with van der Waals surface area (Å²) in [6, 6.07) is 1.72. The number of nitrogens with two attached hydrogens (primary N) is 1. The number of carboxylic acid groups (broad SMARTS) is 2. The molecule has 16 nitrogen and oxygen atoms in total. The summed E-state index contributed by atoms with van der Waals surface area (Å²) in [5.41, 5.74) is 4.68. The third kappa shape index (κ3) is 7.14. The SMILES string of the molecule is CNCCCn1c(C(F)(F)F)nc2c1ccc[n+]2CC1=C(C(=O)[O-])N2C(=O)[C@@H](NC(=O)/C(=N\O[C@@H](C)C(=O)O)c3nc(N)sc3Cl)C2SC1. The number of aryl methyl sites for hydroxylation is 1. The van der Waals surface area contributed by atoms with Crippen molar-refractivity contribution >= 4 is 80.5 Å². The Labute approximate surface area is 287 Å². The molecule has 3 aromatic rings. The maximum absolute atomic E-state index is 14.0. The smallest absolute Gasteiger partial charge is 0.475 e. The number of hydrogen-bond donors (Lipinski definition) is 4. The summed E-state index contributed by atoms with van der Waals surface area (Å²) >= 11 is 8.03. The topological polar surface area (TPSA) is 221 Å². The number of carbonyl (C=O) groups is 4. The van der Waals surface area contributed by atoms with Gasteiger partial charge in [-0.1, -0.05) is 28.1 Å². The van der Waals surface area contributed by atoms with Crippen LogP contribution in [-0.2, 0) is 43.3 Å². The monoisotopic (exact) mass is 745 g/mol. The first-order valence-corrected chi connectivity index (χ1v) is 16.6. The fourth-order valence-corrected chi connectivity index (χ4v) is 7.43. The number of β-lactam (4-membered cyclic amide) rings is 1. The molecule has 0 aliphatic carbocycles. The van der Waals surface area contributed by atoms with Crippen molar-refractivity contribution in [2.75, 3.05) is 25.1 Å². The van der Waals surface area contributed by atoms with Gasteiger partial charge in [0.1, 0.15) is 33.5 Å². The average Bonchev–Trinajstić information content (AvgIpc) is 3.59. The molecule has 5 N–H and O–H groups in total. The number of halogens is 4. The van der Waals surface area contributed by atoms with Crippen molar-refractivity contribution in [2.24, 2.45) is 5.16 Å². The molecule has 49 heavy (non-hydrogen) atoms. The van der Waals surface area contributed by atoms with Crippen LogP contribution in [0.5, 0.6) is 0 Å². The maximum atomic E-state index is 14.0. The van der Waals surface area contributed by atoms with Gasteiger partial charge in [-0.15, -0.1) is 11.8 Å². The molecule has 262 valence electrons. The van der Waals surface area contributed by atoms with E-state index in [0.717, 1.165) is 39.5 Å². The number of oxime groups is 1. The van der Waals surface area contributed by atoms with E-state index < -0.39 is 64.7 Å². The molecule has 0 spiro atoms. The Morgan fingerprint density at radius 3 is 2.69 bits per heavy atom. The number of aliphatic carboxylic acids is 2. The summed E-state index contributed by atoms with van der Waals surface area (Å²) in [6.07, 6.45) is -4.39. The normalized spacial score (nSPS) is 18.7. The second-order valence-corrected chi connectivity index (χ2v) is 13.4. The summed E-state index contributed by atoms with van der Waals surface area (Å²) in [4.78, 5) is 63.9. The minimum absolute atomic E-state index is 0.00282. The van der Waals surface area contributed by atoms with Gasteiger partial charge in [-0.05, 0) is 44.1 Å². The van der Waals surface area contributed by atoms with E-state index >= 15 is 0 Å². The molecule has 3 atom stereocenters. The summed E-state index contributed by atoms with van der Waals surface area (Å²) in [5, 5.41) is 29.5. The van der Waals surface area contributed by atoms with Crippen molar-refractivity contribution in [3.05, 3.63) is 45.5 Å². The first-order valence-electron chi connectivity index (χ1n) is 14.3. The van der Waals surface area contributed by atoms with Crippen LogP contribution in [0.2, 0.25) is 4.34 Å². The first-order chi connectivity index (χ1) is 23.1. The van der Waals surface area contributed by atoms with E-state index in [1.165, 1.54) is 22.9 Å².